The lowest BCUT2D eigenvalue weighted by molar-refractivity contribution is -0.123. The van der Waals surface area contributed by atoms with Gasteiger partial charge >= 0.3 is 0 Å². The Morgan fingerprint density at radius 2 is 1.90 bits per heavy atom. The van der Waals surface area contributed by atoms with E-state index in [4.69, 9.17) is 0 Å². The molecule has 0 spiro atoms. The van der Waals surface area contributed by atoms with Crippen molar-refractivity contribution < 1.29 is 4.79 Å². The third kappa shape index (κ3) is 3.78. The van der Waals surface area contributed by atoms with Gasteiger partial charge in [-0.1, -0.05) is 24.3 Å². The number of benzene rings is 1. The molecule has 0 aliphatic heterocycles. The second kappa shape index (κ2) is 6.48. The molecule has 0 saturated heterocycles. The van der Waals surface area contributed by atoms with E-state index in [1.807, 2.05) is 51.1 Å². The number of amides is 1. The van der Waals surface area contributed by atoms with Crippen molar-refractivity contribution in [2.24, 2.45) is 0 Å². The molecular weight excluding hydrogens is 250 g/mol. The first-order valence-electron chi connectivity index (χ1n) is 6.94. The molecule has 1 aromatic heterocycles. The van der Waals surface area contributed by atoms with Crippen molar-refractivity contribution in [2.75, 3.05) is 0 Å². The Hall–Kier alpha value is -1.94. The molecule has 106 valence electrons. The molecule has 0 radical (unpaired) electrons. The SMILES string of the molecule is CC(C)NC(=O)C(C)NCc1ccc2ccccc2n1. The van der Waals surface area contributed by atoms with Gasteiger partial charge in [-0.2, -0.15) is 0 Å². The second-order valence-corrected chi connectivity index (χ2v) is 5.26. The van der Waals surface area contributed by atoms with Gasteiger partial charge in [0.15, 0.2) is 0 Å². The maximum absolute atomic E-state index is 11.8. The molecule has 1 atom stereocenters. The van der Waals surface area contributed by atoms with Crippen LogP contribution in [0.25, 0.3) is 10.9 Å². The van der Waals surface area contributed by atoms with Gasteiger partial charge in [-0.05, 0) is 32.9 Å². The molecule has 4 heteroatoms. The van der Waals surface area contributed by atoms with E-state index in [0.717, 1.165) is 16.6 Å². The maximum Gasteiger partial charge on any atom is 0.237 e. The van der Waals surface area contributed by atoms with Crippen molar-refractivity contribution >= 4 is 16.8 Å². The molecule has 2 aromatic rings. The highest BCUT2D eigenvalue weighted by molar-refractivity contribution is 5.81. The van der Waals surface area contributed by atoms with Gasteiger partial charge in [0.05, 0.1) is 17.3 Å². The summed E-state index contributed by atoms with van der Waals surface area (Å²) in [6, 6.07) is 12.0. The smallest absolute Gasteiger partial charge is 0.237 e. The van der Waals surface area contributed by atoms with Gasteiger partial charge in [0.1, 0.15) is 0 Å². The fourth-order valence-corrected chi connectivity index (χ4v) is 1.97. The van der Waals surface area contributed by atoms with E-state index < -0.39 is 0 Å². The predicted octanol–water partition coefficient (Wildman–Crippen LogP) is 2.24. The number of nitrogens with one attached hydrogen (secondary N) is 2. The minimum Gasteiger partial charge on any atom is -0.353 e. The summed E-state index contributed by atoms with van der Waals surface area (Å²) in [6.07, 6.45) is 0. The highest BCUT2D eigenvalue weighted by Gasteiger charge is 2.12. The molecule has 0 bridgehead atoms. The first kappa shape index (κ1) is 14.5. The van der Waals surface area contributed by atoms with Crippen LogP contribution in [0.1, 0.15) is 26.5 Å². The lowest BCUT2D eigenvalue weighted by Crippen LogP contribution is -2.44. The minimum absolute atomic E-state index is 0.0146. The molecule has 4 nitrogen and oxygen atoms in total. The predicted molar refractivity (Wildman–Crippen MR) is 81.3 cm³/mol. The van der Waals surface area contributed by atoms with E-state index in [9.17, 15) is 4.79 Å². The number of carbonyl (C=O) groups is 1. The Bertz CT molecular complexity index is 595. The molecule has 0 aliphatic rings. The first-order valence-corrected chi connectivity index (χ1v) is 6.94. The van der Waals surface area contributed by atoms with Crippen LogP contribution >= 0.6 is 0 Å². The van der Waals surface area contributed by atoms with E-state index in [-0.39, 0.29) is 18.0 Å². The number of rotatable bonds is 5. The quantitative estimate of drug-likeness (QED) is 0.877. The van der Waals surface area contributed by atoms with Crippen LogP contribution in [0.4, 0.5) is 0 Å². The van der Waals surface area contributed by atoms with E-state index in [1.54, 1.807) is 0 Å². The zero-order valence-corrected chi connectivity index (χ0v) is 12.2. The molecule has 1 heterocycles. The van der Waals surface area contributed by atoms with Gasteiger partial charge in [-0.3, -0.25) is 9.78 Å². The number of nitrogens with zero attached hydrogens (tertiary/aromatic N) is 1. The summed E-state index contributed by atoms with van der Waals surface area (Å²) in [6.45, 7) is 6.35. The van der Waals surface area contributed by atoms with Crippen molar-refractivity contribution in [1.29, 1.82) is 0 Å². The first-order chi connectivity index (χ1) is 9.56. The zero-order chi connectivity index (χ0) is 14.5. The number of hydrogen-bond acceptors (Lipinski definition) is 3. The summed E-state index contributed by atoms with van der Waals surface area (Å²) in [5.41, 5.74) is 1.92. The fraction of sp³-hybridized carbons (Fsp3) is 0.375. The monoisotopic (exact) mass is 271 g/mol. The van der Waals surface area contributed by atoms with E-state index in [2.05, 4.69) is 21.7 Å². The molecular formula is C16H21N3O. The van der Waals surface area contributed by atoms with Crippen molar-refractivity contribution in [3.63, 3.8) is 0 Å². The lowest BCUT2D eigenvalue weighted by atomic mass is 10.2. The summed E-state index contributed by atoms with van der Waals surface area (Å²) < 4.78 is 0. The highest BCUT2D eigenvalue weighted by Crippen LogP contribution is 2.11. The Morgan fingerprint density at radius 1 is 1.15 bits per heavy atom. The van der Waals surface area contributed by atoms with Crippen LogP contribution in [0.15, 0.2) is 36.4 Å². The number of hydrogen-bond donors (Lipinski definition) is 2. The third-order valence-corrected chi connectivity index (χ3v) is 3.07. The molecule has 0 fully saturated rings. The summed E-state index contributed by atoms with van der Waals surface area (Å²) in [5.74, 6) is 0.0146. The molecule has 1 unspecified atom stereocenters. The fourth-order valence-electron chi connectivity index (χ4n) is 1.97. The van der Waals surface area contributed by atoms with E-state index in [0.29, 0.717) is 6.54 Å². The highest BCUT2D eigenvalue weighted by atomic mass is 16.2. The Morgan fingerprint density at radius 3 is 2.65 bits per heavy atom. The zero-order valence-electron chi connectivity index (χ0n) is 12.2. The second-order valence-electron chi connectivity index (χ2n) is 5.26. The van der Waals surface area contributed by atoms with E-state index in [1.165, 1.54) is 0 Å². The van der Waals surface area contributed by atoms with Crippen molar-refractivity contribution in [1.82, 2.24) is 15.6 Å². The van der Waals surface area contributed by atoms with Gasteiger partial charge in [0.25, 0.3) is 0 Å². The normalized spacial score (nSPS) is 12.6. The third-order valence-electron chi connectivity index (χ3n) is 3.07. The average Bonchev–Trinajstić information content (AvgIpc) is 2.43. The standard InChI is InChI=1S/C16H21N3O/c1-11(2)18-16(20)12(3)17-10-14-9-8-13-6-4-5-7-15(13)19-14/h4-9,11-12,17H,10H2,1-3H3,(H,18,20). The summed E-state index contributed by atoms with van der Waals surface area (Å²) in [7, 11) is 0. The van der Waals surface area contributed by atoms with Crippen molar-refractivity contribution in [3.05, 3.63) is 42.1 Å². The Labute approximate surface area is 119 Å². The van der Waals surface area contributed by atoms with Crippen LogP contribution in [-0.4, -0.2) is 23.0 Å². The topological polar surface area (TPSA) is 54.0 Å². The van der Waals surface area contributed by atoms with Gasteiger partial charge in [-0.25, -0.2) is 0 Å². The largest absolute Gasteiger partial charge is 0.353 e. The van der Waals surface area contributed by atoms with E-state index >= 15 is 0 Å². The van der Waals surface area contributed by atoms with Crippen LogP contribution in [0.3, 0.4) is 0 Å². The van der Waals surface area contributed by atoms with Crippen LogP contribution in [-0.2, 0) is 11.3 Å². The van der Waals surface area contributed by atoms with Crippen molar-refractivity contribution in [3.8, 4) is 0 Å². The molecule has 2 rings (SSSR count). The maximum atomic E-state index is 11.8. The van der Waals surface area contributed by atoms with Crippen LogP contribution < -0.4 is 10.6 Å². The van der Waals surface area contributed by atoms with Gasteiger partial charge in [-0.15, -0.1) is 0 Å². The molecule has 0 saturated carbocycles. The number of aromatic nitrogens is 1. The van der Waals surface area contributed by atoms with Gasteiger partial charge in [0, 0.05) is 18.0 Å². The van der Waals surface area contributed by atoms with Crippen molar-refractivity contribution in [2.45, 2.75) is 39.4 Å². The summed E-state index contributed by atoms with van der Waals surface area (Å²) in [5, 5.41) is 7.21. The summed E-state index contributed by atoms with van der Waals surface area (Å²) in [4.78, 5) is 16.4. The van der Waals surface area contributed by atoms with Gasteiger partial charge in [0.2, 0.25) is 5.91 Å². The van der Waals surface area contributed by atoms with Crippen LogP contribution in [0.5, 0.6) is 0 Å². The lowest BCUT2D eigenvalue weighted by Gasteiger charge is -2.15. The Kier molecular flexibility index (Phi) is 4.69. The Balaban J connectivity index is 1.97. The average molecular weight is 271 g/mol. The molecule has 1 aromatic carbocycles. The van der Waals surface area contributed by atoms with Crippen LogP contribution in [0, 0.1) is 0 Å². The molecule has 2 N–H and O–H groups in total. The molecule has 1 amide bonds. The number of fused-ring (bicyclic) bond motifs is 1. The molecule has 20 heavy (non-hydrogen) atoms. The molecule has 0 aliphatic carbocycles. The van der Waals surface area contributed by atoms with Crippen LogP contribution in [0.2, 0.25) is 0 Å². The minimum atomic E-state index is -0.231. The summed E-state index contributed by atoms with van der Waals surface area (Å²) >= 11 is 0. The number of pyridine rings is 1. The number of para-hydroxylation sites is 1. The number of carbonyl (C=O) groups excluding carboxylic acids is 1. The van der Waals surface area contributed by atoms with Gasteiger partial charge < -0.3 is 10.6 Å².